The highest BCUT2D eigenvalue weighted by molar-refractivity contribution is 6.30. The molecule has 0 amide bonds. The van der Waals surface area contributed by atoms with E-state index in [1.807, 2.05) is 24.3 Å². The molecule has 3 rings (SSSR count). The lowest BCUT2D eigenvalue weighted by atomic mass is 10.2. The minimum absolute atomic E-state index is 0.716. The van der Waals surface area contributed by atoms with E-state index in [1.165, 1.54) is 5.69 Å². The van der Waals surface area contributed by atoms with Crippen molar-refractivity contribution in [2.75, 3.05) is 36.6 Å². The molecule has 22 heavy (non-hydrogen) atoms. The third-order valence-electron chi connectivity index (χ3n) is 3.52. The van der Waals surface area contributed by atoms with Crippen LogP contribution in [-0.4, -0.2) is 32.5 Å². The number of halogens is 1. The fourth-order valence-electron chi connectivity index (χ4n) is 2.30. The average molecular weight is 316 g/mol. The molecule has 4 nitrogen and oxygen atoms in total. The summed E-state index contributed by atoms with van der Waals surface area (Å²) in [4.78, 5) is 2.33. The second kappa shape index (κ2) is 7.29. The number of ether oxygens (including phenoxy) is 1. The van der Waals surface area contributed by atoms with Crippen LogP contribution in [0.4, 0.5) is 11.4 Å². The van der Waals surface area contributed by atoms with Crippen LogP contribution in [0.3, 0.4) is 0 Å². The fourth-order valence-corrected chi connectivity index (χ4v) is 2.42. The molecule has 2 aromatic rings. The molecule has 0 aromatic heterocycles. The van der Waals surface area contributed by atoms with Gasteiger partial charge in [-0.2, -0.15) is 5.10 Å². The zero-order chi connectivity index (χ0) is 15.2. The van der Waals surface area contributed by atoms with Gasteiger partial charge in [-0.15, -0.1) is 0 Å². The topological polar surface area (TPSA) is 36.9 Å². The molecule has 5 heteroatoms. The molecule has 0 unspecified atom stereocenters. The van der Waals surface area contributed by atoms with Gasteiger partial charge in [-0.25, -0.2) is 0 Å². The summed E-state index contributed by atoms with van der Waals surface area (Å²) in [5.74, 6) is 0. The lowest BCUT2D eigenvalue weighted by Gasteiger charge is -2.28. The van der Waals surface area contributed by atoms with Crippen molar-refractivity contribution >= 4 is 29.2 Å². The molecule has 0 atom stereocenters. The van der Waals surface area contributed by atoms with Gasteiger partial charge >= 0.3 is 0 Å². The molecule has 2 aromatic carbocycles. The van der Waals surface area contributed by atoms with E-state index in [0.29, 0.717) is 5.02 Å². The second-order valence-corrected chi connectivity index (χ2v) is 5.50. The number of hydrogen-bond donors (Lipinski definition) is 1. The first-order valence-electron chi connectivity index (χ1n) is 7.29. The van der Waals surface area contributed by atoms with Crippen LogP contribution >= 0.6 is 11.6 Å². The highest BCUT2D eigenvalue weighted by atomic mass is 35.5. The van der Waals surface area contributed by atoms with Crippen LogP contribution in [0.15, 0.2) is 53.6 Å². The summed E-state index contributed by atoms with van der Waals surface area (Å²) >= 11 is 5.84. The summed E-state index contributed by atoms with van der Waals surface area (Å²) in [6, 6.07) is 15.8. The van der Waals surface area contributed by atoms with Gasteiger partial charge in [0.05, 0.1) is 25.1 Å². The maximum Gasteiger partial charge on any atom is 0.0642 e. The molecule has 0 radical (unpaired) electrons. The summed E-state index contributed by atoms with van der Waals surface area (Å²) in [7, 11) is 0. The van der Waals surface area contributed by atoms with Crippen molar-refractivity contribution < 1.29 is 4.74 Å². The Kier molecular flexibility index (Phi) is 4.93. The molecule has 1 aliphatic rings. The molecule has 1 fully saturated rings. The Balaban J connectivity index is 1.58. The largest absolute Gasteiger partial charge is 0.378 e. The van der Waals surface area contributed by atoms with E-state index in [0.717, 1.165) is 37.6 Å². The summed E-state index contributed by atoms with van der Waals surface area (Å²) in [6.45, 7) is 3.50. The summed E-state index contributed by atoms with van der Waals surface area (Å²) in [5.41, 5.74) is 6.17. The van der Waals surface area contributed by atoms with Gasteiger partial charge in [-0.3, -0.25) is 5.43 Å². The zero-order valence-electron chi connectivity index (χ0n) is 12.2. The van der Waals surface area contributed by atoms with Crippen molar-refractivity contribution in [3.8, 4) is 0 Å². The maximum absolute atomic E-state index is 5.84. The number of hydrazone groups is 1. The molecule has 0 spiro atoms. The van der Waals surface area contributed by atoms with E-state index >= 15 is 0 Å². The first-order chi connectivity index (χ1) is 10.8. The summed E-state index contributed by atoms with van der Waals surface area (Å²) in [6.07, 6.45) is 1.80. The Morgan fingerprint density at radius 2 is 1.68 bits per heavy atom. The fraction of sp³-hybridized carbons (Fsp3) is 0.235. The molecule has 114 valence electrons. The van der Waals surface area contributed by atoms with E-state index in [9.17, 15) is 0 Å². The van der Waals surface area contributed by atoms with Crippen LogP contribution < -0.4 is 10.3 Å². The van der Waals surface area contributed by atoms with E-state index in [4.69, 9.17) is 16.3 Å². The number of nitrogens with zero attached hydrogens (tertiary/aromatic N) is 2. The smallest absolute Gasteiger partial charge is 0.0642 e. The molecule has 0 bridgehead atoms. The average Bonchev–Trinajstić information content (AvgIpc) is 2.58. The van der Waals surface area contributed by atoms with Gasteiger partial charge in [0.15, 0.2) is 0 Å². The van der Waals surface area contributed by atoms with Gasteiger partial charge in [-0.1, -0.05) is 23.7 Å². The maximum atomic E-state index is 5.84. The molecule has 1 aliphatic heterocycles. The van der Waals surface area contributed by atoms with Crippen molar-refractivity contribution in [2.45, 2.75) is 0 Å². The third kappa shape index (κ3) is 4.00. The van der Waals surface area contributed by atoms with Crippen molar-refractivity contribution in [3.63, 3.8) is 0 Å². The Morgan fingerprint density at radius 3 is 2.36 bits per heavy atom. The van der Waals surface area contributed by atoms with Gasteiger partial charge in [0.1, 0.15) is 0 Å². The highest BCUT2D eigenvalue weighted by Gasteiger charge is 2.10. The Bertz CT molecular complexity index is 619. The third-order valence-corrected chi connectivity index (χ3v) is 3.77. The normalized spacial score (nSPS) is 15.2. The van der Waals surface area contributed by atoms with Gasteiger partial charge < -0.3 is 9.64 Å². The lowest BCUT2D eigenvalue weighted by molar-refractivity contribution is 0.122. The Hall–Kier alpha value is -2.04. The van der Waals surface area contributed by atoms with Crippen LogP contribution in [0, 0.1) is 0 Å². The van der Waals surface area contributed by atoms with Gasteiger partial charge in [0.25, 0.3) is 0 Å². The van der Waals surface area contributed by atoms with Crippen molar-refractivity contribution in [1.29, 1.82) is 0 Å². The van der Waals surface area contributed by atoms with Crippen LogP contribution in [0.2, 0.25) is 5.02 Å². The quantitative estimate of drug-likeness (QED) is 0.691. The van der Waals surface area contributed by atoms with Crippen molar-refractivity contribution in [2.24, 2.45) is 5.10 Å². The minimum Gasteiger partial charge on any atom is -0.378 e. The minimum atomic E-state index is 0.716. The molecule has 1 heterocycles. The molecular weight excluding hydrogens is 298 g/mol. The predicted molar refractivity (Wildman–Crippen MR) is 92.1 cm³/mol. The molecule has 1 saturated heterocycles. The highest BCUT2D eigenvalue weighted by Crippen LogP contribution is 2.16. The SMILES string of the molecule is Clc1ccc(N/N=C/c2ccc(N3CCOCC3)cc2)cc1. The van der Waals surface area contributed by atoms with Crippen LogP contribution in [0.25, 0.3) is 0 Å². The summed E-state index contributed by atoms with van der Waals surface area (Å²) in [5, 5.41) is 4.95. The standard InChI is InChI=1S/C17H18ClN3O/c18-15-3-5-16(6-4-15)20-19-13-14-1-7-17(8-2-14)21-9-11-22-12-10-21/h1-8,13,20H,9-12H2/b19-13+. The summed E-state index contributed by atoms with van der Waals surface area (Å²) < 4.78 is 5.37. The molecule has 0 aliphatic carbocycles. The number of nitrogens with one attached hydrogen (secondary N) is 1. The predicted octanol–water partition coefficient (Wildman–Crippen LogP) is 3.62. The van der Waals surface area contributed by atoms with Gasteiger partial charge in [-0.05, 0) is 42.0 Å². The first kappa shape index (κ1) is 14.9. The van der Waals surface area contributed by atoms with E-state index in [-0.39, 0.29) is 0 Å². The van der Waals surface area contributed by atoms with Gasteiger partial charge in [0.2, 0.25) is 0 Å². The zero-order valence-corrected chi connectivity index (χ0v) is 13.0. The van der Waals surface area contributed by atoms with E-state index < -0.39 is 0 Å². The Morgan fingerprint density at radius 1 is 1.00 bits per heavy atom. The van der Waals surface area contributed by atoms with E-state index in [2.05, 4.69) is 39.7 Å². The van der Waals surface area contributed by atoms with E-state index in [1.54, 1.807) is 6.21 Å². The number of morpholine rings is 1. The van der Waals surface area contributed by atoms with Crippen LogP contribution in [-0.2, 0) is 4.74 Å². The lowest BCUT2D eigenvalue weighted by Crippen LogP contribution is -2.36. The van der Waals surface area contributed by atoms with Crippen LogP contribution in [0.5, 0.6) is 0 Å². The first-order valence-corrected chi connectivity index (χ1v) is 7.66. The monoisotopic (exact) mass is 315 g/mol. The number of rotatable bonds is 4. The molecule has 1 N–H and O–H groups in total. The second-order valence-electron chi connectivity index (χ2n) is 5.07. The van der Waals surface area contributed by atoms with Crippen LogP contribution in [0.1, 0.15) is 5.56 Å². The number of anilines is 2. The van der Waals surface area contributed by atoms with Gasteiger partial charge in [0, 0.05) is 23.8 Å². The Labute approximate surface area is 135 Å². The number of hydrogen-bond acceptors (Lipinski definition) is 4. The van der Waals surface area contributed by atoms with Crippen molar-refractivity contribution in [1.82, 2.24) is 0 Å². The molecular formula is C17H18ClN3O. The molecule has 0 saturated carbocycles. The van der Waals surface area contributed by atoms with Crippen molar-refractivity contribution in [3.05, 3.63) is 59.1 Å². The number of benzene rings is 2.